The van der Waals surface area contributed by atoms with Crippen molar-refractivity contribution in [3.05, 3.63) is 23.3 Å². The molecular weight excluding hydrogens is 154 g/mol. The molecule has 0 aromatic heterocycles. The Balaban J connectivity index is 3.28. The van der Waals surface area contributed by atoms with Crippen LogP contribution in [-0.4, -0.2) is 12.2 Å². The molecule has 1 aromatic carbocycles. The third kappa shape index (κ3) is 1.36. The Morgan fingerprint density at radius 1 is 1.50 bits per heavy atom. The van der Waals surface area contributed by atoms with E-state index in [-0.39, 0.29) is 5.75 Å². The number of hydrogen-bond acceptors (Lipinski definition) is 3. The maximum absolute atomic E-state index is 9.37. The Morgan fingerprint density at radius 3 is 2.58 bits per heavy atom. The van der Waals surface area contributed by atoms with Crippen LogP contribution in [0.15, 0.2) is 12.1 Å². The van der Waals surface area contributed by atoms with E-state index in [1.54, 1.807) is 6.07 Å². The Bertz CT molecular complexity index is 255. The minimum atomic E-state index is 0.142. The zero-order chi connectivity index (χ0) is 9.14. The molecule has 0 spiro atoms. The van der Waals surface area contributed by atoms with Crippen molar-refractivity contribution in [1.29, 1.82) is 0 Å². The highest BCUT2D eigenvalue weighted by Gasteiger charge is 2.08. The third-order valence-corrected chi connectivity index (χ3v) is 1.88. The zero-order valence-electron chi connectivity index (χ0n) is 7.29. The summed E-state index contributed by atoms with van der Waals surface area (Å²) in [6.45, 7) is 2.31. The number of nitrogens with two attached hydrogens (primary N) is 1. The van der Waals surface area contributed by atoms with Crippen molar-refractivity contribution in [3.8, 4) is 11.5 Å². The molecule has 0 unspecified atom stereocenters. The van der Waals surface area contributed by atoms with Crippen molar-refractivity contribution in [2.24, 2.45) is 5.73 Å². The van der Waals surface area contributed by atoms with Gasteiger partial charge in [-0.05, 0) is 18.6 Å². The molecule has 0 fully saturated rings. The highest BCUT2D eigenvalue weighted by molar-refractivity contribution is 5.49. The number of ether oxygens (including phenoxy) is 1. The molecule has 0 amide bonds. The first-order valence-corrected chi connectivity index (χ1v) is 3.76. The smallest absolute Gasteiger partial charge is 0.165 e. The van der Waals surface area contributed by atoms with E-state index in [0.29, 0.717) is 12.3 Å². The van der Waals surface area contributed by atoms with Crippen LogP contribution in [0.1, 0.15) is 11.1 Å². The largest absolute Gasteiger partial charge is 0.504 e. The lowest BCUT2D eigenvalue weighted by Gasteiger charge is -2.10. The second kappa shape index (κ2) is 3.45. The number of phenols is 1. The topological polar surface area (TPSA) is 55.5 Å². The van der Waals surface area contributed by atoms with Gasteiger partial charge in [0.2, 0.25) is 0 Å². The summed E-state index contributed by atoms with van der Waals surface area (Å²) >= 11 is 0. The van der Waals surface area contributed by atoms with Crippen molar-refractivity contribution in [2.75, 3.05) is 7.11 Å². The molecule has 0 aliphatic rings. The molecule has 0 aliphatic heterocycles. The molecule has 3 nitrogen and oxygen atoms in total. The van der Waals surface area contributed by atoms with Crippen LogP contribution in [0.3, 0.4) is 0 Å². The fourth-order valence-corrected chi connectivity index (χ4v) is 1.20. The van der Waals surface area contributed by atoms with Gasteiger partial charge in [0.05, 0.1) is 7.11 Å². The summed E-state index contributed by atoms with van der Waals surface area (Å²) in [6, 6.07) is 3.42. The number of benzene rings is 1. The number of aromatic hydroxyl groups is 1. The van der Waals surface area contributed by atoms with Gasteiger partial charge < -0.3 is 15.6 Å². The van der Waals surface area contributed by atoms with E-state index in [9.17, 15) is 5.11 Å². The summed E-state index contributed by atoms with van der Waals surface area (Å²) in [6.07, 6.45) is 0. The molecule has 1 aromatic rings. The summed E-state index contributed by atoms with van der Waals surface area (Å²) < 4.78 is 5.02. The van der Waals surface area contributed by atoms with Crippen molar-refractivity contribution in [2.45, 2.75) is 13.5 Å². The van der Waals surface area contributed by atoms with Crippen molar-refractivity contribution >= 4 is 0 Å². The lowest BCUT2D eigenvalue weighted by atomic mass is 10.1. The van der Waals surface area contributed by atoms with Gasteiger partial charge in [-0.15, -0.1) is 0 Å². The van der Waals surface area contributed by atoms with E-state index >= 15 is 0 Å². The molecule has 0 bridgehead atoms. The van der Waals surface area contributed by atoms with E-state index in [2.05, 4.69) is 0 Å². The van der Waals surface area contributed by atoms with Crippen LogP contribution in [0.25, 0.3) is 0 Å². The average molecular weight is 167 g/mol. The van der Waals surface area contributed by atoms with Gasteiger partial charge in [0.1, 0.15) is 0 Å². The van der Waals surface area contributed by atoms with Crippen LogP contribution in [0.2, 0.25) is 0 Å². The molecule has 0 saturated heterocycles. The number of methoxy groups -OCH3 is 1. The first kappa shape index (κ1) is 8.87. The van der Waals surface area contributed by atoms with Gasteiger partial charge in [0.15, 0.2) is 11.5 Å². The first-order valence-electron chi connectivity index (χ1n) is 3.76. The van der Waals surface area contributed by atoms with E-state index in [4.69, 9.17) is 10.5 Å². The van der Waals surface area contributed by atoms with Crippen molar-refractivity contribution in [1.82, 2.24) is 0 Å². The van der Waals surface area contributed by atoms with E-state index in [0.717, 1.165) is 11.1 Å². The van der Waals surface area contributed by atoms with Crippen LogP contribution in [0.5, 0.6) is 11.5 Å². The van der Waals surface area contributed by atoms with Crippen LogP contribution in [0.4, 0.5) is 0 Å². The van der Waals surface area contributed by atoms with Gasteiger partial charge >= 0.3 is 0 Å². The summed E-state index contributed by atoms with van der Waals surface area (Å²) in [5.74, 6) is 0.626. The van der Waals surface area contributed by atoms with Gasteiger partial charge in [-0.25, -0.2) is 0 Å². The van der Waals surface area contributed by atoms with Crippen LogP contribution >= 0.6 is 0 Å². The lowest BCUT2D eigenvalue weighted by Crippen LogP contribution is -2.02. The Hall–Kier alpha value is -1.22. The molecular formula is C9H13NO2. The van der Waals surface area contributed by atoms with E-state index in [1.807, 2.05) is 13.0 Å². The maximum atomic E-state index is 9.37. The third-order valence-electron chi connectivity index (χ3n) is 1.88. The van der Waals surface area contributed by atoms with Gasteiger partial charge in [-0.1, -0.05) is 6.07 Å². The Morgan fingerprint density at radius 2 is 2.17 bits per heavy atom. The second-order valence-corrected chi connectivity index (χ2v) is 2.62. The minimum Gasteiger partial charge on any atom is -0.504 e. The molecule has 3 N–H and O–H groups in total. The fraction of sp³-hybridized carbons (Fsp3) is 0.333. The van der Waals surface area contributed by atoms with E-state index < -0.39 is 0 Å². The molecule has 66 valence electrons. The SMILES string of the molecule is COc1c(O)ccc(C)c1CN. The molecule has 0 heterocycles. The molecule has 3 heteroatoms. The lowest BCUT2D eigenvalue weighted by molar-refractivity contribution is 0.369. The fourth-order valence-electron chi connectivity index (χ4n) is 1.20. The first-order chi connectivity index (χ1) is 5.70. The quantitative estimate of drug-likeness (QED) is 0.695. The molecule has 12 heavy (non-hydrogen) atoms. The molecule has 0 saturated carbocycles. The molecule has 1 rings (SSSR count). The zero-order valence-corrected chi connectivity index (χ0v) is 7.29. The van der Waals surface area contributed by atoms with Gasteiger partial charge in [-0.3, -0.25) is 0 Å². The van der Waals surface area contributed by atoms with Gasteiger partial charge in [0, 0.05) is 12.1 Å². The number of aryl methyl sites for hydroxylation is 1. The second-order valence-electron chi connectivity index (χ2n) is 2.62. The highest BCUT2D eigenvalue weighted by atomic mass is 16.5. The summed E-state index contributed by atoms with van der Waals surface area (Å²) in [5, 5.41) is 9.37. The van der Waals surface area contributed by atoms with Crippen LogP contribution in [-0.2, 0) is 6.54 Å². The Kier molecular flexibility index (Phi) is 2.55. The van der Waals surface area contributed by atoms with Crippen LogP contribution in [0, 0.1) is 6.92 Å². The minimum absolute atomic E-state index is 0.142. The summed E-state index contributed by atoms with van der Waals surface area (Å²) in [5.41, 5.74) is 7.40. The van der Waals surface area contributed by atoms with Gasteiger partial charge in [-0.2, -0.15) is 0 Å². The number of rotatable bonds is 2. The van der Waals surface area contributed by atoms with Crippen LogP contribution < -0.4 is 10.5 Å². The molecule has 0 atom stereocenters. The standard InChI is InChI=1S/C9H13NO2/c1-6-3-4-8(11)9(12-2)7(6)5-10/h3-4,11H,5,10H2,1-2H3. The maximum Gasteiger partial charge on any atom is 0.165 e. The van der Waals surface area contributed by atoms with Crippen molar-refractivity contribution < 1.29 is 9.84 Å². The molecule has 0 radical (unpaired) electrons. The highest BCUT2D eigenvalue weighted by Crippen LogP contribution is 2.31. The number of hydrogen-bond donors (Lipinski definition) is 2. The summed E-state index contributed by atoms with van der Waals surface area (Å²) in [4.78, 5) is 0. The summed E-state index contributed by atoms with van der Waals surface area (Å²) in [7, 11) is 1.52. The van der Waals surface area contributed by atoms with Gasteiger partial charge in [0.25, 0.3) is 0 Å². The van der Waals surface area contributed by atoms with Crippen molar-refractivity contribution in [3.63, 3.8) is 0 Å². The monoisotopic (exact) mass is 167 g/mol. The Labute approximate surface area is 71.8 Å². The van der Waals surface area contributed by atoms with E-state index in [1.165, 1.54) is 7.11 Å². The molecule has 0 aliphatic carbocycles. The average Bonchev–Trinajstić information content (AvgIpc) is 2.08. The predicted octanol–water partition coefficient (Wildman–Crippen LogP) is 1.17. The predicted molar refractivity (Wildman–Crippen MR) is 47.3 cm³/mol. The normalized spacial score (nSPS) is 9.92. The number of phenolic OH excluding ortho intramolecular Hbond substituents is 1.